The van der Waals surface area contributed by atoms with Crippen molar-refractivity contribution in [2.75, 3.05) is 6.61 Å². The number of unbranched alkanes of at least 4 members (excludes halogenated alkanes) is 3. The molecule has 0 aliphatic heterocycles. The van der Waals surface area contributed by atoms with Gasteiger partial charge in [-0.3, -0.25) is 4.79 Å². The Bertz CT molecular complexity index is 172. The number of carbonyl (C=O) groups is 1. The molecule has 0 saturated carbocycles. The van der Waals surface area contributed by atoms with Crippen LogP contribution in [0.15, 0.2) is 0 Å². The maximum absolute atomic E-state index is 11.4. The van der Waals surface area contributed by atoms with Crippen molar-refractivity contribution in [1.82, 2.24) is 0 Å². The normalized spacial score (nSPS) is 13.9. The van der Waals surface area contributed by atoms with Gasteiger partial charge in [0.05, 0.1) is 6.61 Å². The Hall–Kier alpha value is -0.280. The van der Waals surface area contributed by atoms with Crippen LogP contribution < -0.4 is 5.73 Å². The minimum Gasteiger partial charge on any atom is -0.465 e. The number of carbonyl (C=O) groups excluding carboxylic acids is 1. The first kappa shape index (κ1) is 17.1. The number of nitrogens with two attached hydrogens (primary N) is 1. The number of halogens is 1. The van der Waals surface area contributed by atoms with Gasteiger partial charge in [0, 0.05) is 0 Å². The van der Waals surface area contributed by atoms with Gasteiger partial charge < -0.3 is 10.5 Å². The van der Waals surface area contributed by atoms with Crippen molar-refractivity contribution in [3.8, 4) is 0 Å². The quantitative estimate of drug-likeness (QED) is 0.547. The minimum atomic E-state index is -0.802. The summed E-state index contributed by atoms with van der Waals surface area (Å²) in [6.45, 7) is 6.11. The molecule has 15 heavy (non-hydrogen) atoms. The molecule has 92 valence electrons. The van der Waals surface area contributed by atoms with Crippen molar-refractivity contribution < 1.29 is 9.53 Å². The lowest BCUT2D eigenvalue weighted by atomic mass is 9.95. The third-order valence-electron chi connectivity index (χ3n) is 2.29. The van der Waals surface area contributed by atoms with Gasteiger partial charge in [-0.25, -0.2) is 0 Å². The van der Waals surface area contributed by atoms with Gasteiger partial charge in [-0.1, -0.05) is 32.6 Å². The van der Waals surface area contributed by atoms with Crippen LogP contribution in [-0.2, 0) is 9.53 Å². The zero-order chi connectivity index (χ0) is 11.0. The van der Waals surface area contributed by atoms with Crippen LogP contribution in [0.5, 0.6) is 0 Å². The third kappa shape index (κ3) is 7.63. The fourth-order valence-corrected chi connectivity index (χ4v) is 1.32. The standard InChI is InChI=1S/C11H23NO2.ClH/c1-4-6-7-8-9-11(3,12)10(13)14-5-2;/h4-9,12H2,1-3H3;1H/t11-;/m0./s1. The Balaban J connectivity index is 0. The molecule has 0 spiro atoms. The molecule has 2 N–H and O–H groups in total. The summed E-state index contributed by atoms with van der Waals surface area (Å²) < 4.78 is 4.90. The molecule has 4 heteroatoms. The maximum atomic E-state index is 11.4. The maximum Gasteiger partial charge on any atom is 0.325 e. The van der Waals surface area contributed by atoms with Crippen LogP contribution in [0.4, 0.5) is 0 Å². The Morgan fingerprint density at radius 1 is 1.27 bits per heavy atom. The van der Waals surface area contributed by atoms with E-state index >= 15 is 0 Å². The summed E-state index contributed by atoms with van der Waals surface area (Å²) >= 11 is 0. The van der Waals surface area contributed by atoms with E-state index in [-0.39, 0.29) is 18.4 Å². The highest BCUT2D eigenvalue weighted by Gasteiger charge is 2.28. The average Bonchev–Trinajstić information content (AvgIpc) is 2.13. The van der Waals surface area contributed by atoms with E-state index in [1.165, 1.54) is 12.8 Å². The fourth-order valence-electron chi connectivity index (χ4n) is 1.32. The SMILES string of the molecule is CCCCCC[C@](C)(N)C(=O)OCC.Cl. The highest BCUT2D eigenvalue weighted by Crippen LogP contribution is 2.14. The lowest BCUT2D eigenvalue weighted by Gasteiger charge is -2.21. The Morgan fingerprint density at radius 3 is 2.33 bits per heavy atom. The van der Waals surface area contributed by atoms with Crippen LogP contribution in [0.3, 0.4) is 0 Å². The zero-order valence-corrected chi connectivity index (χ0v) is 10.9. The van der Waals surface area contributed by atoms with E-state index in [4.69, 9.17) is 10.5 Å². The molecule has 1 atom stereocenters. The summed E-state index contributed by atoms with van der Waals surface area (Å²) in [4.78, 5) is 11.4. The lowest BCUT2D eigenvalue weighted by Crippen LogP contribution is -2.46. The van der Waals surface area contributed by atoms with Gasteiger partial charge in [-0.2, -0.15) is 0 Å². The van der Waals surface area contributed by atoms with Crippen molar-refractivity contribution in [2.45, 2.75) is 58.4 Å². The monoisotopic (exact) mass is 237 g/mol. The number of esters is 1. The van der Waals surface area contributed by atoms with Crippen molar-refractivity contribution in [1.29, 1.82) is 0 Å². The van der Waals surface area contributed by atoms with E-state index < -0.39 is 5.54 Å². The molecule has 0 fully saturated rings. The van der Waals surface area contributed by atoms with Crippen molar-refractivity contribution >= 4 is 18.4 Å². The topological polar surface area (TPSA) is 52.3 Å². The molecule has 0 aromatic heterocycles. The molecular weight excluding hydrogens is 214 g/mol. The first-order valence-electron chi connectivity index (χ1n) is 5.50. The molecular formula is C11H24ClNO2. The van der Waals surface area contributed by atoms with E-state index in [1.54, 1.807) is 13.8 Å². The predicted octanol–water partition coefficient (Wildman–Crippen LogP) is 2.66. The molecule has 0 aliphatic carbocycles. The molecule has 0 aliphatic rings. The molecule has 0 rings (SSSR count). The van der Waals surface area contributed by atoms with E-state index in [0.717, 1.165) is 12.8 Å². The highest BCUT2D eigenvalue weighted by molar-refractivity contribution is 5.85. The van der Waals surface area contributed by atoms with E-state index in [9.17, 15) is 4.79 Å². The van der Waals surface area contributed by atoms with Crippen molar-refractivity contribution in [3.63, 3.8) is 0 Å². The first-order valence-corrected chi connectivity index (χ1v) is 5.50. The van der Waals surface area contributed by atoms with Crippen LogP contribution in [0.2, 0.25) is 0 Å². The highest BCUT2D eigenvalue weighted by atomic mass is 35.5. The van der Waals surface area contributed by atoms with Crippen LogP contribution in [-0.4, -0.2) is 18.1 Å². The van der Waals surface area contributed by atoms with Crippen molar-refractivity contribution in [3.05, 3.63) is 0 Å². The largest absolute Gasteiger partial charge is 0.465 e. The summed E-state index contributed by atoms with van der Waals surface area (Å²) in [6.07, 6.45) is 5.26. The van der Waals surface area contributed by atoms with Crippen LogP contribution in [0.1, 0.15) is 52.9 Å². The molecule has 0 radical (unpaired) electrons. The molecule has 3 nitrogen and oxygen atoms in total. The predicted molar refractivity (Wildman–Crippen MR) is 65.2 cm³/mol. The Labute approximate surface area is 99.2 Å². The summed E-state index contributed by atoms with van der Waals surface area (Å²) in [6, 6.07) is 0. The Morgan fingerprint density at radius 2 is 1.87 bits per heavy atom. The van der Waals surface area contributed by atoms with Gasteiger partial charge in [0.2, 0.25) is 0 Å². The summed E-state index contributed by atoms with van der Waals surface area (Å²) in [5.41, 5.74) is 5.05. The van der Waals surface area contributed by atoms with Gasteiger partial charge in [0.15, 0.2) is 0 Å². The van der Waals surface area contributed by atoms with E-state index in [0.29, 0.717) is 13.0 Å². The van der Waals surface area contributed by atoms with Gasteiger partial charge >= 0.3 is 5.97 Å². The first-order chi connectivity index (χ1) is 6.54. The smallest absolute Gasteiger partial charge is 0.325 e. The van der Waals surface area contributed by atoms with Crippen LogP contribution in [0, 0.1) is 0 Å². The number of hydrogen-bond donors (Lipinski definition) is 1. The third-order valence-corrected chi connectivity index (χ3v) is 2.29. The van der Waals surface area contributed by atoms with Gasteiger partial charge in [-0.15, -0.1) is 12.4 Å². The lowest BCUT2D eigenvalue weighted by molar-refractivity contribution is -0.149. The molecule has 0 amide bonds. The van der Waals surface area contributed by atoms with Crippen molar-refractivity contribution in [2.24, 2.45) is 5.73 Å². The second kappa shape index (κ2) is 8.98. The van der Waals surface area contributed by atoms with E-state index in [1.807, 2.05) is 0 Å². The van der Waals surface area contributed by atoms with Crippen LogP contribution >= 0.6 is 12.4 Å². The van der Waals surface area contributed by atoms with Gasteiger partial charge in [0.1, 0.15) is 5.54 Å². The number of ether oxygens (including phenoxy) is 1. The second-order valence-electron chi connectivity index (χ2n) is 3.95. The number of rotatable bonds is 7. The minimum absolute atomic E-state index is 0. The van der Waals surface area contributed by atoms with Crippen LogP contribution in [0.25, 0.3) is 0 Å². The molecule has 0 saturated heterocycles. The summed E-state index contributed by atoms with van der Waals surface area (Å²) in [5.74, 6) is -0.281. The second-order valence-corrected chi connectivity index (χ2v) is 3.95. The average molecular weight is 238 g/mol. The Kier molecular flexibility index (Phi) is 10.3. The van der Waals surface area contributed by atoms with Gasteiger partial charge in [-0.05, 0) is 20.3 Å². The molecule has 0 heterocycles. The number of hydrogen-bond acceptors (Lipinski definition) is 3. The molecule has 0 aromatic rings. The van der Waals surface area contributed by atoms with E-state index in [2.05, 4.69) is 6.92 Å². The fraction of sp³-hybridized carbons (Fsp3) is 0.909. The molecule has 0 unspecified atom stereocenters. The molecule has 0 aromatic carbocycles. The zero-order valence-electron chi connectivity index (χ0n) is 10.0. The summed E-state index contributed by atoms with van der Waals surface area (Å²) in [5, 5.41) is 0. The van der Waals surface area contributed by atoms with Gasteiger partial charge in [0.25, 0.3) is 0 Å². The summed E-state index contributed by atoms with van der Waals surface area (Å²) in [7, 11) is 0. The molecule has 0 bridgehead atoms.